The van der Waals surface area contributed by atoms with Crippen LogP contribution in [0.2, 0.25) is 0 Å². The van der Waals surface area contributed by atoms with Gasteiger partial charge in [0.25, 0.3) is 0 Å². The van der Waals surface area contributed by atoms with E-state index in [4.69, 9.17) is 9.84 Å². The second-order valence-electron chi connectivity index (χ2n) is 9.32. The Hall–Kier alpha value is -4.12. The van der Waals surface area contributed by atoms with Gasteiger partial charge in [0, 0.05) is 34.8 Å². The summed E-state index contributed by atoms with van der Waals surface area (Å²) >= 11 is 0. The highest BCUT2D eigenvalue weighted by atomic mass is 16.5. The molecule has 1 saturated carbocycles. The molecule has 0 radical (unpaired) electrons. The average Bonchev–Trinajstić information content (AvgIpc) is 3.18. The number of hydrogen-bond acceptors (Lipinski definition) is 5. The summed E-state index contributed by atoms with van der Waals surface area (Å²) in [4.78, 5) is 24.5. The highest BCUT2D eigenvalue weighted by Crippen LogP contribution is 2.65. The zero-order chi connectivity index (χ0) is 24.6. The van der Waals surface area contributed by atoms with Crippen LogP contribution in [-0.2, 0) is 21.4 Å². The molecule has 1 aliphatic carbocycles. The van der Waals surface area contributed by atoms with Gasteiger partial charge in [0.05, 0.1) is 30.4 Å². The highest BCUT2D eigenvalue weighted by molar-refractivity contribution is 5.97. The number of carboxylic acids is 1. The van der Waals surface area contributed by atoms with Crippen molar-refractivity contribution in [2.45, 2.75) is 38.0 Å². The number of carboxylic acid groups (broad SMARTS) is 1. The Labute approximate surface area is 202 Å². The lowest BCUT2D eigenvalue weighted by atomic mass is 9.84. The largest absolute Gasteiger partial charge is 0.493 e. The monoisotopic (exact) mass is 470 g/mol. The van der Waals surface area contributed by atoms with E-state index in [1.165, 1.54) is 0 Å². The molecular formula is C27H26N4O4. The summed E-state index contributed by atoms with van der Waals surface area (Å²) in [5.41, 5.74) is 4.58. The number of rotatable bonds is 7. The van der Waals surface area contributed by atoms with Gasteiger partial charge in [0.15, 0.2) is 0 Å². The molecule has 1 aromatic heterocycles. The number of carbonyl (C=O) groups excluding carboxylic acids is 1. The molecule has 1 fully saturated rings. The van der Waals surface area contributed by atoms with Crippen molar-refractivity contribution in [2.24, 2.45) is 11.8 Å². The van der Waals surface area contributed by atoms with Crippen LogP contribution in [0.15, 0.2) is 48.8 Å². The number of anilines is 1. The minimum atomic E-state index is -0.856. The third-order valence-corrected chi connectivity index (χ3v) is 7.46. The molecular weight excluding hydrogens is 444 g/mol. The van der Waals surface area contributed by atoms with E-state index in [0.717, 1.165) is 34.4 Å². The SMILES string of the molecule is CC1C(C(=O)Nc2cc(C#N)ccc2CCCC(=O)O)[C@@]12CCOc1ccc(-c3cn[nH]c3)cc12. The van der Waals surface area contributed by atoms with Crippen molar-refractivity contribution >= 4 is 17.6 Å². The van der Waals surface area contributed by atoms with Gasteiger partial charge in [-0.15, -0.1) is 0 Å². The van der Waals surface area contributed by atoms with Crippen molar-refractivity contribution in [1.29, 1.82) is 5.26 Å². The third kappa shape index (κ3) is 4.03. The van der Waals surface area contributed by atoms with E-state index in [9.17, 15) is 14.9 Å². The van der Waals surface area contributed by atoms with Crippen LogP contribution >= 0.6 is 0 Å². The number of amides is 1. The van der Waals surface area contributed by atoms with Crippen molar-refractivity contribution in [1.82, 2.24) is 10.2 Å². The van der Waals surface area contributed by atoms with Crippen LogP contribution in [0, 0.1) is 23.2 Å². The van der Waals surface area contributed by atoms with E-state index >= 15 is 0 Å². The fourth-order valence-electron chi connectivity index (χ4n) is 5.58. The molecule has 3 atom stereocenters. The number of H-pyrrole nitrogens is 1. The fourth-order valence-corrected chi connectivity index (χ4v) is 5.58. The summed E-state index contributed by atoms with van der Waals surface area (Å²) in [5.74, 6) is -0.243. The van der Waals surface area contributed by atoms with Crippen molar-refractivity contribution in [3.63, 3.8) is 0 Å². The molecule has 2 unspecified atom stereocenters. The number of aromatic nitrogens is 2. The first-order valence-corrected chi connectivity index (χ1v) is 11.8. The van der Waals surface area contributed by atoms with Gasteiger partial charge in [0.1, 0.15) is 5.75 Å². The number of aromatic amines is 1. The molecule has 1 aliphatic heterocycles. The standard InChI is InChI=1S/C27H26N4O4/c1-16-25(26(34)31-22-11-17(13-28)5-6-18(22)3-2-4-24(32)33)27(16)9-10-35-23-8-7-19(12-21(23)27)20-14-29-30-15-20/h5-8,11-12,14-16,25H,2-4,9-10H2,1H3,(H,29,30)(H,31,34)(H,32,33)/t16?,25?,27-/m0/s1. The summed E-state index contributed by atoms with van der Waals surface area (Å²) in [6, 6.07) is 13.4. The highest BCUT2D eigenvalue weighted by Gasteiger charge is 2.67. The molecule has 178 valence electrons. The maximum atomic E-state index is 13.6. The predicted molar refractivity (Wildman–Crippen MR) is 129 cm³/mol. The van der Waals surface area contributed by atoms with Gasteiger partial charge in [-0.05, 0) is 60.6 Å². The Morgan fingerprint density at radius 1 is 1.29 bits per heavy atom. The van der Waals surface area contributed by atoms with Crippen molar-refractivity contribution in [2.75, 3.05) is 11.9 Å². The van der Waals surface area contributed by atoms with Gasteiger partial charge >= 0.3 is 5.97 Å². The molecule has 0 bridgehead atoms. The van der Waals surface area contributed by atoms with Crippen molar-refractivity contribution < 1.29 is 19.4 Å². The minimum absolute atomic E-state index is 0.0476. The van der Waals surface area contributed by atoms with Crippen LogP contribution in [0.25, 0.3) is 11.1 Å². The Morgan fingerprint density at radius 2 is 2.14 bits per heavy atom. The first-order chi connectivity index (χ1) is 16.9. The number of hydrogen-bond donors (Lipinski definition) is 3. The molecule has 35 heavy (non-hydrogen) atoms. The van der Waals surface area contributed by atoms with Gasteiger partial charge in [-0.2, -0.15) is 10.4 Å². The van der Waals surface area contributed by atoms with E-state index in [0.29, 0.717) is 30.7 Å². The molecule has 1 amide bonds. The number of ether oxygens (including phenoxy) is 1. The molecule has 0 saturated heterocycles. The van der Waals surface area contributed by atoms with Gasteiger partial charge < -0.3 is 15.2 Å². The topological polar surface area (TPSA) is 128 Å². The maximum Gasteiger partial charge on any atom is 0.303 e. The second-order valence-corrected chi connectivity index (χ2v) is 9.32. The van der Waals surface area contributed by atoms with Gasteiger partial charge in [-0.25, -0.2) is 0 Å². The van der Waals surface area contributed by atoms with Crippen LogP contribution in [0.3, 0.4) is 0 Å². The summed E-state index contributed by atoms with van der Waals surface area (Å²) in [5, 5.41) is 28.3. The number of aryl methyl sites for hydroxylation is 1. The lowest BCUT2D eigenvalue weighted by molar-refractivity contribution is -0.137. The Kier molecular flexibility index (Phi) is 5.77. The Balaban J connectivity index is 1.42. The molecule has 2 aliphatic rings. The number of nitrogens with one attached hydrogen (secondary N) is 2. The molecule has 2 aromatic carbocycles. The number of carbonyl (C=O) groups is 2. The molecule has 5 rings (SSSR count). The summed E-state index contributed by atoms with van der Waals surface area (Å²) in [7, 11) is 0. The first-order valence-electron chi connectivity index (χ1n) is 11.8. The van der Waals surface area contributed by atoms with Gasteiger partial charge in [0.2, 0.25) is 5.91 Å². The first kappa shape index (κ1) is 22.7. The van der Waals surface area contributed by atoms with E-state index in [2.05, 4.69) is 34.6 Å². The lowest BCUT2D eigenvalue weighted by Gasteiger charge is -2.28. The third-order valence-electron chi connectivity index (χ3n) is 7.46. The van der Waals surface area contributed by atoms with Crippen molar-refractivity contribution in [3.8, 4) is 22.9 Å². The summed E-state index contributed by atoms with van der Waals surface area (Å²) in [6.45, 7) is 2.65. The van der Waals surface area contributed by atoms with Gasteiger partial charge in [-0.3, -0.25) is 14.7 Å². The summed E-state index contributed by atoms with van der Waals surface area (Å²) in [6.07, 6.45) is 5.36. The second kappa shape index (κ2) is 8.91. The maximum absolute atomic E-state index is 13.6. The average molecular weight is 471 g/mol. The number of benzene rings is 2. The lowest BCUT2D eigenvalue weighted by Crippen LogP contribution is -2.27. The quantitative estimate of drug-likeness (QED) is 0.473. The van der Waals surface area contributed by atoms with Crippen LogP contribution in [0.5, 0.6) is 5.75 Å². The number of aliphatic carboxylic acids is 1. The number of fused-ring (bicyclic) bond motifs is 2. The van der Waals surface area contributed by atoms with Gasteiger partial charge in [-0.1, -0.05) is 19.1 Å². The number of nitrogens with zero attached hydrogens (tertiary/aromatic N) is 2. The van der Waals surface area contributed by atoms with E-state index in [1.54, 1.807) is 24.4 Å². The fraction of sp³-hybridized carbons (Fsp3) is 0.333. The van der Waals surface area contributed by atoms with E-state index < -0.39 is 5.97 Å². The zero-order valence-corrected chi connectivity index (χ0v) is 19.4. The molecule has 8 heteroatoms. The smallest absolute Gasteiger partial charge is 0.303 e. The molecule has 3 N–H and O–H groups in total. The van der Waals surface area contributed by atoms with E-state index in [1.807, 2.05) is 18.3 Å². The molecule has 2 heterocycles. The summed E-state index contributed by atoms with van der Waals surface area (Å²) < 4.78 is 5.94. The van der Waals surface area contributed by atoms with Crippen LogP contribution < -0.4 is 10.1 Å². The number of nitriles is 1. The van der Waals surface area contributed by atoms with Crippen LogP contribution in [0.1, 0.15) is 42.9 Å². The molecule has 1 spiro atoms. The predicted octanol–water partition coefficient (Wildman–Crippen LogP) is 4.28. The van der Waals surface area contributed by atoms with Crippen molar-refractivity contribution in [3.05, 3.63) is 65.5 Å². The van der Waals surface area contributed by atoms with E-state index in [-0.39, 0.29) is 29.6 Å². The molecule has 8 nitrogen and oxygen atoms in total. The Morgan fingerprint density at radius 3 is 2.89 bits per heavy atom. The zero-order valence-electron chi connectivity index (χ0n) is 19.4. The Bertz CT molecular complexity index is 1330. The van der Waals surface area contributed by atoms with Crippen LogP contribution in [-0.4, -0.2) is 33.8 Å². The normalized spacial score (nSPS) is 22.1. The molecule has 3 aromatic rings. The minimum Gasteiger partial charge on any atom is -0.493 e. The van der Waals surface area contributed by atoms with Crippen LogP contribution in [0.4, 0.5) is 5.69 Å².